The second-order valence-electron chi connectivity index (χ2n) is 2.35. The van der Waals surface area contributed by atoms with Crippen LogP contribution in [-0.4, -0.2) is 28.4 Å². The number of esters is 1. The molecular formula is C10H14O5. The van der Waals surface area contributed by atoms with Crippen LogP contribution in [0.1, 0.15) is 6.92 Å². The van der Waals surface area contributed by atoms with Gasteiger partial charge < -0.3 is 14.9 Å². The van der Waals surface area contributed by atoms with Gasteiger partial charge in [0.1, 0.15) is 0 Å². The van der Waals surface area contributed by atoms with Gasteiger partial charge in [-0.2, -0.15) is 0 Å². The molecule has 0 bridgehead atoms. The van der Waals surface area contributed by atoms with Gasteiger partial charge in [0.25, 0.3) is 0 Å². The molecule has 0 fully saturated rings. The van der Waals surface area contributed by atoms with E-state index in [0.717, 1.165) is 12.2 Å². The first-order valence-corrected chi connectivity index (χ1v) is 3.87. The minimum absolute atomic E-state index is 0.176. The Balaban J connectivity index is 0. The van der Waals surface area contributed by atoms with Crippen molar-refractivity contribution in [3.05, 3.63) is 37.5 Å². The average molecular weight is 214 g/mol. The molecule has 0 aliphatic carbocycles. The molecular weight excluding hydrogens is 200 g/mol. The molecule has 0 aliphatic rings. The highest BCUT2D eigenvalue weighted by molar-refractivity contribution is 5.84. The fourth-order valence-corrected chi connectivity index (χ4v) is 0.215. The van der Waals surface area contributed by atoms with Crippen molar-refractivity contribution in [3.8, 4) is 0 Å². The highest BCUT2D eigenvalue weighted by Gasteiger charge is 2.00. The Labute approximate surface area is 88.0 Å². The number of ether oxygens (including phenoxy) is 1. The summed E-state index contributed by atoms with van der Waals surface area (Å²) in [6, 6.07) is 0. The van der Waals surface area contributed by atoms with Crippen molar-refractivity contribution in [3.63, 3.8) is 0 Å². The number of hydrogen-bond acceptors (Lipinski definition) is 4. The molecule has 0 aliphatic heterocycles. The van der Waals surface area contributed by atoms with E-state index in [-0.39, 0.29) is 5.57 Å². The summed E-state index contributed by atoms with van der Waals surface area (Å²) >= 11 is 0. The zero-order valence-corrected chi connectivity index (χ0v) is 8.47. The van der Waals surface area contributed by atoms with Crippen LogP contribution in [0.4, 0.5) is 0 Å². The molecule has 0 heterocycles. The van der Waals surface area contributed by atoms with Gasteiger partial charge in [-0.15, -0.1) is 0 Å². The third-order valence-electron chi connectivity index (χ3n) is 0.970. The molecule has 0 aromatic rings. The molecule has 0 aromatic carbocycles. The molecule has 1 unspecified atom stereocenters. The Kier molecular flexibility index (Phi) is 9.05. The van der Waals surface area contributed by atoms with E-state index < -0.39 is 18.2 Å². The van der Waals surface area contributed by atoms with Crippen molar-refractivity contribution in [2.75, 3.05) is 0 Å². The summed E-state index contributed by atoms with van der Waals surface area (Å²) in [5.41, 5.74) is 0.176. The highest BCUT2D eigenvalue weighted by atomic mass is 16.6. The lowest BCUT2D eigenvalue weighted by Crippen LogP contribution is -2.12. The van der Waals surface area contributed by atoms with Crippen molar-refractivity contribution in [2.45, 2.75) is 13.2 Å². The second kappa shape index (κ2) is 8.71. The normalized spacial score (nSPS) is 10.0. The monoisotopic (exact) mass is 214 g/mol. The first-order chi connectivity index (χ1) is 6.84. The van der Waals surface area contributed by atoms with Gasteiger partial charge in [0.05, 0.1) is 0 Å². The summed E-state index contributed by atoms with van der Waals surface area (Å²) in [5.74, 6) is -1.60. The van der Waals surface area contributed by atoms with Gasteiger partial charge in [0, 0.05) is 11.6 Å². The molecule has 0 saturated heterocycles. The lowest BCUT2D eigenvalue weighted by Gasteiger charge is -2.02. The van der Waals surface area contributed by atoms with Crippen molar-refractivity contribution >= 4 is 11.9 Å². The largest absolute Gasteiger partial charge is 0.478 e. The van der Waals surface area contributed by atoms with Crippen LogP contribution < -0.4 is 0 Å². The molecule has 0 rings (SSSR count). The highest BCUT2D eigenvalue weighted by Crippen LogP contribution is 1.87. The SMILES string of the molecule is C=C(C)C(=O)O.C=CC(=O)OC(O)C=C. The van der Waals surface area contributed by atoms with Gasteiger partial charge in [0.15, 0.2) is 0 Å². The maximum atomic E-state index is 10.2. The third kappa shape index (κ3) is 12.1. The zero-order valence-electron chi connectivity index (χ0n) is 8.47. The van der Waals surface area contributed by atoms with E-state index in [9.17, 15) is 9.59 Å². The van der Waals surface area contributed by atoms with E-state index in [1.807, 2.05) is 0 Å². The Morgan fingerprint density at radius 3 is 2.00 bits per heavy atom. The van der Waals surface area contributed by atoms with Gasteiger partial charge in [0.2, 0.25) is 6.29 Å². The molecule has 0 saturated carbocycles. The third-order valence-corrected chi connectivity index (χ3v) is 0.970. The molecule has 5 heteroatoms. The lowest BCUT2D eigenvalue weighted by molar-refractivity contribution is -0.154. The summed E-state index contributed by atoms with van der Waals surface area (Å²) in [6.45, 7) is 10.9. The number of rotatable bonds is 4. The maximum absolute atomic E-state index is 10.2. The van der Waals surface area contributed by atoms with Crippen LogP contribution in [0.2, 0.25) is 0 Å². The smallest absolute Gasteiger partial charge is 0.332 e. The standard InChI is InChI=1S/C6H8O3.C4H6O2/c1-3-5(7)9-6(8)4-2;1-3(2)4(5)6/h3-5,7H,1-2H2;1H2,2H3,(H,5,6). The van der Waals surface area contributed by atoms with E-state index in [2.05, 4.69) is 24.5 Å². The number of carboxylic acids is 1. The number of carbonyl (C=O) groups is 2. The second-order valence-corrected chi connectivity index (χ2v) is 2.35. The minimum atomic E-state index is -1.23. The first kappa shape index (κ1) is 15.6. The summed E-state index contributed by atoms with van der Waals surface area (Å²) in [6.07, 6.45) is 0.837. The summed E-state index contributed by atoms with van der Waals surface area (Å²) < 4.78 is 4.23. The number of aliphatic carboxylic acids is 1. The summed E-state index contributed by atoms with van der Waals surface area (Å²) in [5, 5.41) is 16.4. The number of hydrogen-bond donors (Lipinski definition) is 2. The Hall–Kier alpha value is -1.88. The minimum Gasteiger partial charge on any atom is -0.478 e. The zero-order chi connectivity index (χ0) is 12.4. The van der Waals surface area contributed by atoms with Gasteiger partial charge in [-0.05, 0) is 13.0 Å². The number of carbonyl (C=O) groups excluding carboxylic acids is 1. The molecule has 0 spiro atoms. The predicted octanol–water partition coefficient (Wildman–Crippen LogP) is 0.867. The maximum Gasteiger partial charge on any atom is 0.332 e. The van der Waals surface area contributed by atoms with E-state index in [1.54, 1.807) is 0 Å². The number of aliphatic hydroxyl groups excluding tert-OH is 1. The molecule has 0 amide bonds. The van der Waals surface area contributed by atoms with Gasteiger partial charge >= 0.3 is 11.9 Å². The van der Waals surface area contributed by atoms with E-state index in [0.29, 0.717) is 0 Å². The molecule has 2 N–H and O–H groups in total. The molecule has 0 aromatic heterocycles. The molecule has 5 nitrogen and oxygen atoms in total. The van der Waals surface area contributed by atoms with Crippen LogP contribution in [0.3, 0.4) is 0 Å². The van der Waals surface area contributed by atoms with Crippen molar-refractivity contribution in [1.29, 1.82) is 0 Å². The van der Waals surface area contributed by atoms with Crippen LogP contribution in [0.25, 0.3) is 0 Å². The number of aliphatic hydroxyl groups is 1. The van der Waals surface area contributed by atoms with Crippen LogP contribution in [0.5, 0.6) is 0 Å². The van der Waals surface area contributed by atoms with E-state index >= 15 is 0 Å². The van der Waals surface area contributed by atoms with Gasteiger partial charge in [-0.25, -0.2) is 9.59 Å². The van der Waals surface area contributed by atoms with Crippen LogP contribution in [0.15, 0.2) is 37.5 Å². The quantitative estimate of drug-likeness (QED) is 0.314. The number of carboxylic acid groups (broad SMARTS) is 1. The lowest BCUT2D eigenvalue weighted by atomic mass is 10.4. The summed E-state index contributed by atoms with van der Waals surface area (Å²) in [7, 11) is 0. The van der Waals surface area contributed by atoms with E-state index in [1.165, 1.54) is 6.92 Å². The fourth-order valence-electron chi connectivity index (χ4n) is 0.215. The average Bonchev–Trinajstić information content (AvgIpc) is 2.18. The Morgan fingerprint density at radius 1 is 1.40 bits per heavy atom. The van der Waals surface area contributed by atoms with Gasteiger partial charge in [-0.1, -0.05) is 19.7 Å². The molecule has 15 heavy (non-hydrogen) atoms. The topological polar surface area (TPSA) is 83.8 Å². The van der Waals surface area contributed by atoms with E-state index in [4.69, 9.17) is 10.2 Å². The van der Waals surface area contributed by atoms with Crippen LogP contribution >= 0.6 is 0 Å². The van der Waals surface area contributed by atoms with Gasteiger partial charge in [-0.3, -0.25) is 0 Å². The molecule has 1 atom stereocenters. The fraction of sp³-hybridized carbons (Fsp3) is 0.200. The molecule has 0 radical (unpaired) electrons. The van der Waals surface area contributed by atoms with Crippen LogP contribution in [-0.2, 0) is 14.3 Å². The predicted molar refractivity (Wildman–Crippen MR) is 54.9 cm³/mol. The molecule has 84 valence electrons. The van der Waals surface area contributed by atoms with Crippen LogP contribution in [0, 0.1) is 0 Å². The Morgan fingerprint density at radius 2 is 1.80 bits per heavy atom. The van der Waals surface area contributed by atoms with Crippen molar-refractivity contribution in [2.24, 2.45) is 0 Å². The first-order valence-electron chi connectivity index (χ1n) is 3.87. The van der Waals surface area contributed by atoms with Crippen molar-refractivity contribution < 1.29 is 24.5 Å². The summed E-state index contributed by atoms with van der Waals surface area (Å²) in [4.78, 5) is 19.8. The Bertz CT molecular complexity index is 255. The van der Waals surface area contributed by atoms with Crippen molar-refractivity contribution in [1.82, 2.24) is 0 Å².